The van der Waals surface area contributed by atoms with E-state index in [0.29, 0.717) is 11.3 Å². The highest BCUT2D eigenvalue weighted by molar-refractivity contribution is 5.65. The standard InChI is InChI=1S/C18H24/c1-4-13-7-8-14-9-15-11-18(5-2,6-3)12-16(15)10-17(13)14/h7-10,13H,4-6,11-12H2,1-3H3. The minimum absolute atomic E-state index is 0.558. The Bertz CT molecular complexity index is 489. The first-order valence-electron chi connectivity index (χ1n) is 7.55. The summed E-state index contributed by atoms with van der Waals surface area (Å²) >= 11 is 0. The molecule has 96 valence electrons. The van der Waals surface area contributed by atoms with Crippen molar-refractivity contribution in [2.24, 2.45) is 5.41 Å². The van der Waals surface area contributed by atoms with Gasteiger partial charge in [0, 0.05) is 5.92 Å². The fourth-order valence-corrected chi connectivity index (χ4v) is 3.82. The van der Waals surface area contributed by atoms with Crippen LogP contribution in [0.15, 0.2) is 18.2 Å². The van der Waals surface area contributed by atoms with Crippen molar-refractivity contribution in [1.82, 2.24) is 0 Å². The molecule has 0 bridgehead atoms. The van der Waals surface area contributed by atoms with Crippen LogP contribution in [0.2, 0.25) is 0 Å². The quantitative estimate of drug-likeness (QED) is 0.688. The second-order valence-electron chi connectivity index (χ2n) is 6.18. The lowest BCUT2D eigenvalue weighted by Gasteiger charge is -2.25. The Hall–Kier alpha value is -1.04. The summed E-state index contributed by atoms with van der Waals surface area (Å²) in [4.78, 5) is 0. The van der Waals surface area contributed by atoms with Gasteiger partial charge in [-0.3, -0.25) is 0 Å². The van der Waals surface area contributed by atoms with E-state index in [-0.39, 0.29) is 0 Å². The molecule has 0 aliphatic heterocycles. The first-order chi connectivity index (χ1) is 8.71. The Balaban J connectivity index is 1.99. The lowest BCUT2D eigenvalue weighted by molar-refractivity contribution is 0.280. The van der Waals surface area contributed by atoms with Gasteiger partial charge in [0.25, 0.3) is 0 Å². The normalized spacial score (nSPS) is 23.2. The zero-order valence-corrected chi connectivity index (χ0v) is 11.9. The van der Waals surface area contributed by atoms with E-state index in [2.05, 4.69) is 45.1 Å². The molecule has 0 heteroatoms. The number of fused-ring (bicyclic) bond motifs is 2. The molecule has 0 N–H and O–H groups in total. The largest absolute Gasteiger partial charge is 0.0764 e. The molecular formula is C18H24. The van der Waals surface area contributed by atoms with E-state index in [4.69, 9.17) is 0 Å². The Kier molecular flexibility index (Phi) is 2.84. The third kappa shape index (κ3) is 1.66. The monoisotopic (exact) mass is 240 g/mol. The van der Waals surface area contributed by atoms with Crippen LogP contribution in [-0.2, 0) is 12.8 Å². The van der Waals surface area contributed by atoms with E-state index in [1.807, 2.05) is 0 Å². The van der Waals surface area contributed by atoms with Crippen molar-refractivity contribution < 1.29 is 0 Å². The van der Waals surface area contributed by atoms with Crippen LogP contribution in [0.25, 0.3) is 6.08 Å². The van der Waals surface area contributed by atoms with Gasteiger partial charge in [0.2, 0.25) is 0 Å². The van der Waals surface area contributed by atoms with Gasteiger partial charge in [0.05, 0.1) is 0 Å². The first-order valence-corrected chi connectivity index (χ1v) is 7.55. The summed E-state index contributed by atoms with van der Waals surface area (Å²) in [6.07, 6.45) is 11.2. The highest BCUT2D eigenvalue weighted by atomic mass is 14.4. The fourth-order valence-electron chi connectivity index (χ4n) is 3.82. The zero-order valence-electron chi connectivity index (χ0n) is 11.9. The van der Waals surface area contributed by atoms with Crippen molar-refractivity contribution >= 4 is 6.08 Å². The lowest BCUT2D eigenvalue weighted by atomic mass is 9.80. The van der Waals surface area contributed by atoms with Gasteiger partial charge in [-0.25, -0.2) is 0 Å². The number of hydrogen-bond acceptors (Lipinski definition) is 0. The van der Waals surface area contributed by atoms with Crippen molar-refractivity contribution in [3.63, 3.8) is 0 Å². The zero-order chi connectivity index (χ0) is 12.8. The molecule has 3 rings (SSSR count). The fraction of sp³-hybridized carbons (Fsp3) is 0.556. The molecule has 0 saturated heterocycles. The molecule has 2 aliphatic rings. The van der Waals surface area contributed by atoms with Gasteiger partial charge >= 0.3 is 0 Å². The maximum absolute atomic E-state index is 2.52. The molecule has 0 amide bonds. The third-order valence-corrected chi connectivity index (χ3v) is 5.38. The summed E-state index contributed by atoms with van der Waals surface area (Å²) in [6.45, 7) is 7.01. The molecule has 0 aromatic heterocycles. The van der Waals surface area contributed by atoms with Crippen molar-refractivity contribution in [3.05, 3.63) is 40.5 Å². The second kappa shape index (κ2) is 4.26. The van der Waals surface area contributed by atoms with Gasteiger partial charge in [0.1, 0.15) is 0 Å². The van der Waals surface area contributed by atoms with Crippen LogP contribution in [0, 0.1) is 5.41 Å². The summed E-state index contributed by atoms with van der Waals surface area (Å²) in [5.41, 5.74) is 6.89. The van der Waals surface area contributed by atoms with E-state index >= 15 is 0 Å². The third-order valence-electron chi connectivity index (χ3n) is 5.38. The highest BCUT2D eigenvalue weighted by Gasteiger charge is 2.35. The van der Waals surface area contributed by atoms with Crippen LogP contribution >= 0.6 is 0 Å². The molecule has 1 aromatic carbocycles. The molecular weight excluding hydrogens is 216 g/mol. The molecule has 1 atom stereocenters. The van der Waals surface area contributed by atoms with Crippen LogP contribution in [-0.4, -0.2) is 0 Å². The van der Waals surface area contributed by atoms with E-state index in [1.54, 1.807) is 16.7 Å². The van der Waals surface area contributed by atoms with Gasteiger partial charge < -0.3 is 0 Å². The van der Waals surface area contributed by atoms with Crippen LogP contribution in [0.1, 0.15) is 68.2 Å². The smallest absolute Gasteiger partial charge is 0.00247 e. The van der Waals surface area contributed by atoms with E-state index in [9.17, 15) is 0 Å². The molecule has 0 heterocycles. The maximum atomic E-state index is 2.52. The summed E-state index contributed by atoms with van der Waals surface area (Å²) < 4.78 is 0. The van der Waals surface area contributed by atoms with Crippen LogP contribution in [0.3, 0.4) is 0 Å². The predicted molar refractivity (Wildman–Crippen MR) is 78.9 cm³/mol. The molecule has 2 aliphatic carbocycles. The summed E-state index contributed by atoms with van der Waals surface area (Å²) in [6, 6.07) is 5.00. The average Bonchev–Trinajstić information content (AvgIpc) is 2.96. The van der Waals surface area contributed by atoms with E-state index < -0.39 is 0 Å². The first kappa shape index (κ1) is 12.0. The summed E-state index contributed by atoms with van der Waals surface area (Å²) in [5, 5.41) is 0. The molecule has 0 radical (unpaired) electrons. The van der Waals surface area contributed by atoms with Gasteiger partial charge in [-0.2, -0.15) is 0 Å². The van der Waals surface area contributed by atoms with Crippen LogP contribution < -0.4 is 0 Å². The van der Waals surface area contributed by atoms with Gasteiger partial charge in [0.15, 0.2) is 0 Å². The molecule has 1 aromatic rings. The minimum Gasteiger partial charge on any atom is -0.0764 e. The maximum Gasteiger partial charge on any atom is 0.00247 e. The SMILES string of the molecule is CCC1C=Cc2cc3c(cc21)CC(CC)(CC)C3. The topological polar surface area (TPSA) is 0 Å². The number of hydrogen-bond donors (Lipinski definition) is 0. The molecule has 1 unspecified atom stereocenters. The Labute approximate surface area is 111 Å². The number of allylic oxidation sites excluding steroid dienone is 1. The second-order valence-corrected chi connectivity index (χ2v) is 6.18. The van der Waals surface area contributed by atoms with Crippen LogP contribution in [0.5, 0.6) is 0 Å². The molecule has 0 fully saturated rings. The lowest BCUT2D eigenvalue weighted by Crippen LogP contribution is -2.18. The predicted octanol–water partition coefficient (Wildman–Crippen LogP) is 5.11. The molecule has 18 heavy (non-hydrogen) atoms. The molecule has 0 saturated carbocycles. The van der Waals surface area contributed by atoms with Crippen LogP contribution in [0.4, 0.5) is 0 Å². The van der Waals surface area contributed by atoms with Gasteiger partial charge in [-0.05, 0) is 59.8 Å². The van der Waals surface area contributed by atoms with Crippen molar-refractivity contribution in [1.29, 1.82) is 0 Å². The summed E-state index contributed by atoms with van der Waals surface area (Å²) in [5.74, 6) is 0.670. The average molecular weight is 240 g/mol. The van der Waals surface area contributed by atoms with Crippen molar-refractivity contribution in [3.8, 4) is 0 Å². The Morgan fingerprint density at radius 1 is 1.06 bits per heavy atom. The summed E-state index contributed by atoms with van der Waals surface area (Å²) in [7, 11) is 0. The highest BCUT2D eigenvalue weighted by Crippen LogP contribution is 2.45. The number of rotatable bonds is 3. The minimum atomic E-state index is 0.558. The van der Waals surface area contributed by atoms with Gasteiger partial charge in [-0.15, -0.1) is 0 Å². The molecule has 0 spiro atoms. The van der Waals surface area contributed by atoms with E-state index in [1.165, 1.54) is 37.7 Å². The van der Waals surface area contributed by atoms with Crippen molar-refractivity contribution in [2.75, 3.05) is 0 Å². The Morgan fingerprint density at radius 2 is 1.72 bits per heavy atom. The van der Waals surface area contributed by atoms with Gasteiger partial charge in [-0.1, -0.05) is 45.1 Å². The van der Waals surface area contributed by atoms with E-state index in [0.717, 1.165) is 0 Å². The Morgan fingerprint density at radius 3 is 2.33 bits per heavy atom. The molecule has 0 nitrogen and oxygen atoms in total. The number of benzene rings is 1. The van der Waals surface area contributed by atoms with Crippen molar-refractivity contribution in [2.45, 2.75) is 58.8 Å².